The number of rotatable bonds is 5. The second kappa shape index (κ2) is 5.63. The van der Waals surface area contributed by atoms with E-state index in [1.165, 1.54) is 11.8 Å². The second-order valence-corrected chi connectivity index (χ2v) is 5.61. The Kier molecular flexibility index (Phi) is 4.14. The Hall–Kier alpha value is -1.20. The van der Waals surface area contributed by atoms with Crippen LogP contribution in [0.5, 0.6) is 11.5 Å². The van der Waals surface area contributed by atoms with Gasteiger partial charge in [0.25, 0.3) is 0 Å². The number of ether oxygens (including phenoxy) is 2. The number of carbonyl (C=O) groups is 1. The van der Waals surface area contributed by atoms with Crippen LogP contribution >= 0.6 is 11.8 Å². The van der Waals surface area contributed by atoms with Crippen molar-refractivity contribution < 1.29 is 19.4 Å². The maximum absolute atomic E-state index is 12.0. The maximum atomic E-state index is 12.0. The Morgan fingerprint density at radius 1 is 1.39 bits per heavy atom. The van der Waals surface area contributed by atoms with Crippen molar-refractivity contribution in [3.05, 3.63) is 23.8 Å². The number of fused-ring (bicyclic) bond motifs is 1. The van der Waals surface area contributed by atoms with Crippen molar-refractivity contribution in [1.82, 2.24) is 0 Å². The quantitative estimate of drug-likeness (QED) is 0.829. The summed E-state index contributed by atoms with van der Waals surface area (Å²) in [6.07, 6.45) is -0.417. The Labute approximate surface area is 110 Å². The molecule has 4 nitrogen and oxygen atoms in total. The van der Waals surface area contributed by atoms with E-state index in [4.69, 9.17) is 9.47 Å². The van der Waals surface area contributed by atoms with Gasteiger partial charge in [-0.2, -0.15) is 0 Å². The Bertz CT molecular complexity index is 445. The van der Waals surface area contributed by atoms with Crippen LogP contribution in [-0.4, -0.2) is 34.8 Å². The molecule has 18 heavy (non-hydrogen) atoms. The molecule has 0 aromatic heterocycles. The van der Waals surface area contributed by atoms with E-state index in [9.17, 15) is 9.90 Å². The zero-order chi connectivity index (χ0) is 13.1. The minimum atomic E-state index is -0.417. The van der Waals surface area contributed by atoms with Gasteiger partial charge in [0.15, 0.2) is 17.3 Å². The van der Waals surface area contributed by atoms with Gasteiger partial charge in [-0.05, 0) is 25.1 Å². The van der Waals surface area contributed by atoms with Gasteiger partial charge in [-0.3, -0.25) is 4.79 Å². The Morgan fingerprint density at radius 3 is 2.83 bits per heavy atom. The molecule has 0 bridgehead atoms. The monoisotopic (exact) mass is 268 g/mol. The number of ketones is 1. The van der Waals surface area contributed by atoms with Crippen LogP contribution in [0, 0.1) is 0 Å². The van der Waals surface area contributed by atoms with Gasteiger partial charge in [0, 0.05) is 10.8 Å². The lowest BCUT2D eigenvalue weighted by molar-refractivity contribution is 0.102. The van der Waals surface area contributed by atoms with Crippen LogP contribution in [0.4, 0.5) is 0 Å². The van der Waals surface area contributed by atoms with Gasteiger partial charge >= 0.3 is 0 Å². The minimum Gasteiger partial charge on any atom is -0.454 e. The van der Waals surface area contributed by atoms with E-state index in [-0.39, 0.29) is 17.8 Å². The second-order valence-electron chi connectivity index (χ2n) is 4.25. The minimum absolute atomic E-state index is 0.0331. The fourth-order valence-electron chi connectivity index (χ4n) is 1.50. The van der Waals surface area contributed by atoms with Gasteiger partial charge in [-0.15, -0.1) is 11.8 Å². The van der Waals surface area contributed by atoms with E-state index in [1.807, 2.05) is 6.92 Å². The van der Waals surface area contributed by atoms with Crippen LogP contribution in [0.2, 0.25) is 0 Å². The van der Waals surface area contributed by atoms with Gasteiger partial charge < -0.3 is 14.6 Å². The average Bonchev–Trinajstić information content (AvgIpc) is 2.82. The number of thioether (sulfide) groups is 1. The highest BCUT2D eigenvalue weighted by atomic mass is 32.2. The van der Waals surface area contributed by atoms with Crippen molar-refractivity contribution in [2.45, 2.75) is 25.2 Å². The molecule has 1 aromatic carbocycles. The van der Waals surface area contributed by atoms with Crippen LogP contribution in [0.15, 0.2) is 18.2 Å². The summed E-state index contributed by atoms with van der Waals surface area (Å²) < 4.78 is 10.4. The predicted molar refractivity (Wildman–Crippen MR) is 70.5 cm³/mol. The molecule has 98 valence electrons. The number of benzene rings is 1. The number of hydrogen-bond donors (Lipinski definition) is 1. The molecule has 0 fully saturated rings. The summed E-state index contributed by atoms with van der Waals surface area (Å²) >= 11 is 1.45. The molecular weight excluding hydrogens is 252 g/mol. The highest BCUT2D eigenvalue weighted by Gasteiger charge is 2.17. The molecule has 2 rings (SSSR count). The zero-order valence-electron chi connectivity index (χ0n) is 10.4. The number of carbonyl (C=O) groups excluding carboxylic acids is 1. The molecule has 2 unspecified atom stereocenters. The molecule has 0 saturated carbocycles. The molecule has 1 N–H and O–H groups in total. The molecule has 0 amide bonds. The van der Waals surface area contributed by atoms with Crippen molar-refractivity contribution in [3.8, 4) is 11.5 Å². The lowest BCUT2D eigenvalue weighted by atomic mass is 10.1. The lowest BCUT2D eigenvalue weighted by Gasteiger charge is -2.13. The standard InChI is InChI=1S/C13H16O4S/c1-8(14)9(2)18-6-11(15)10-3-4-12-13(5-10)17-7-16-12/h3-5,8-9,14H,6-7H2,1-2H3. The summed E-state index contributed by atoms with van der Waals surface area (Å²) in [4.78, 5) is 12.0. The molecule has 0 aliphatic carbocycles. The summed E-state index contributed by atoms with van der Waals surface area (Å²) in [5.74, 6) is 1.68. The third-order valence-electron chi connectivity index (χ3n) is 2.85. The van der Waals surface area contributed by atoms with Crippen LogP contribution in [0.3, 0.4) is 0 Å². The molecule has 1 heterocycles. The largest absolute Gasteiger partial charge is 0.454 e. The topological polar surface area (TPSA) is 55.8 Å². The summed E-state index contributed by atoms with van der Waals surface area (Å²) in [5, 5.41) is 9.41. The smallest absolute Gasteiger partial charge is 0.231 e. The summed E-state index contributed by atoms with van der Waals surface area (Å²) in [6, 6.07) is 5.19. The molecule has 2 atom stereocenters. The Balaban J connectivity index is 1.97. The van der Waals surface area contributed by atoms with E-state index in [1.54, 1.807) is 25.1 Å². The first-order valence-electron chi connectivity index (χ1n) is 5.80. The van der Waals surface area contributed by atoms with E-state index >= 15 is 0 Å². The first kappa shape index (κ1) is 13.2. The van der Waals surface area contributed by atoms with Gasteiger partial charge in [-0.1, -0.05) is 6.92 Å². The zero-order valence-corrected chi connectivity index (χ0v) is 11.2. The van der Waals surface area contributed by atoms with Crippen molar-refractivity contribution in [1.29, 1.82) is 0 Å². The number of hydrogen-bond acceptors (Lipinski definition) is 5. The van der Waals surface area contributed by atoms with E-state index in [2.05, 4.69) is 0 Å². The number of Topliss-reactive ketones (excluding diaryl/α,β-unsaturated/α-hetero) is 1. The fourth-order valence-corrected chi connectivity index (χ4v) is 2.36. The highest BCUT2D eigenvalue weighted by molar-refractivity contribution is 8.00. The molecule has 0 spiro atoms. The number of aliphatic hydroxyl groups is 1. The molecule has 0 saturated heterocycles. The summed E-state index contributed by atoms with van der Waals surface area (Å²) in [7, 11) is 0. The van der Waals surface area contributed by atoms with Crippen molar-refractivity contribution in [2.75, 3.05) is 12.5 Å². The Morgan fingerprint density at radius 2 is 2.11 bits per heavy atom. The predicted octanol–water partition coefficient (Wildman–Crippen LogP) is 2.10. The van der Waals surface area contributed by atoms with Crippen molar-refractivity contribution in [2.24, 2.45) is 0 Å². The van der Waals surface area contributed by atoms with Crippen LogP contribution in [-0.2, 0) is 0 Å². The molecule has 5 heteroatoms. The third-order valence-corrected chi connectivity index (χ3v) is 4.20. The lowest BCUT2D eigenvalue weighted by Crippen LogP contribution is -2.17. The van der Waals surface area contributed by atoms with Crippen LogP contribution in [0.1, 0.15) is 24.2 Å². The van der Waals surface area contributed by atoms with Crippen LogP contribution < -0.4 is 9.47 Å². The number of aliphatic hydroxyl groups excluding tert-OH is 1. The summed E-state index contributed by atoms with van der Waals surface area (Å²) in [6.45, 7) is 3.84. The first-order chi connectivity index (χ1) is 8.58. The SMILES string of the molecule is CC(O)C(C)SCC(=O)c1ccc2c(c1)OCO2. The highest BCUT2D eigenvalue weighted by Crippen LogP contribution is 2.32. The first-order valence-corrected chi connectivity index (χ1v) is 6.85. The summed E-state index contributed by atoms with van der Waals surface area (Å²) in [5.41, 5.74) is 0.615. The maximum Gasteiger partial charge on any atom is 0.231 e. The van der Waals surface area contributed by atoms with Crippen LogP contribution in [0.25, 0.3) is 0 Å². The average molecular weight is 268 g/mol. The van der Waals surface area contributed by atoms with E-state index in [0.29, 0.717) is 22.8 Å². The van der Waals surface area contributed by atoms with Gasteiger partial charge in [0.2, 0.25) is 6.79 Å². The van der Waals surface area contributed by atoms with Gasteiger partial charge in [-0.25, -0.2) is 0 Å². The third kappa shape index (κ3) is 2.97. The van der Waals surface area contributed by atoms with Crippen molar-refractivity contribution in [3.63, 3.8) is 0 Å². The normalized spacial score (nSPS) is 16.4. The molecule has 1 aliphatic rings. The fraction of sp³-hybridized carbons (Fsp3) is 0.462. The van der Waals surface area contributed by atoms with Gasteiger partial charge in [0.05, 0.1) is 11.9 Å². The molecule has 0 radical (unpaired) electrons. The van der Waals surface area contributed by atoms with Gasteiger partial charge in [0.1, 0.15) is 0 Å². The van der Waals surface area contributed by atoms with E-state index < -0.39 is 6.10 Å². The molecular formula is C13H16O4S. The molecule has 1 aliphatic heterocycles. The van der Waals surface area contributed by atoms with E-state index in [0.717, 1.165) is 0 Å². The van der Waals surface area contributed by atoms with Crippen molar-refractivity contribution >= 4 is 17.5 Å². The molecule has 1 aromatic rings.